The monoisotopic (exact) mass is 432 g/mol. The van der Waals surface area contributed by atoms with Crippen molar-refractivity contribution in [1.29, 1.82) is 0 Å². The highest BCUT2D eigenvalue weighted by molar-refractivity contribution is 6.46. The Kier molecular flexibility index (Phi) is 5.53. The molecule has 0 saturated heterocycles. The molecule has 5 nitrogen and oxygen atoms in total. The standard InChI is InChI=1S/C25H21ClN2O3/c1-15-5-4-6-19(13-15)27-23-22(17-7-10-20(31-3)11-8-17)24(29)28(25(23)30)21-12-9-18(26)14-16(21)2/h4-14,27H,1-3H3. The van der Waals surface area contributed by atoms with E-state index in [0.717, 1.165) is 16.8 Å². The van der Waals surface area contributed by atoms with Crippen LogP contribution in [0.5, 0.6) is 5.75 Å². The van der Waals surface area contributed by atoms with E-state index in [1.165, 1.54) is 4.90 Å². The Labute approximate surface area is 185 Å². The molecule has 1 aliphatic rings. The van der Waals surface area contributed by atoms with Crippen molar-refractivity contribution >= 4 is 40.4 Å². The van der Waals surface area contributed by atoms with Crippen molar-refractivity contribution in [3.63, 3.8) is 0 Å². The van der Waals surface area contributed by atoms with Gasteiger partial charge in [-0.1, -0.05) is 35.9 Å². The molecular formula is C25H21ClN2O3. The predicted molar refractivity (Wildman–Crippen MR) is 123 cm³/mol. The summed E-state index contributed by atoms with van der Waals surface area (Å²) in [5.74, 6) is -0.141. The fourth-order valence-electron chi connectivity index (χ4n) is 3.63. The van der Waals surface area contributed by atoms with Crippen LogP contribution in [0.25, 0.3) is 5.57 Å². The minimum Gasteiger partial charge on any atom is -0.497 e. The molecule has 0 bridgehead atoms. The maximum absolute atomic E-state index is 13.5. The third-order valence-corrected chi connectivity index (χ3v) is 5.38. The minimum atomic E-state index is -0.414. The average Bonchev–Trinajstić information content (AvgIpc) is 2.98. The number of methoxy groups -OCH3 is 1. The molecule has 0 atom stereocenters. The van der Waals surface area contributed by atoms with Gasteiger partial charge in [0.2, 0.25) is 0 Å². The summed E-state index contributed by atoms with van der Waals surface area (Å²) in [6.45, 7) is 3.79. The van der Waals surface area contributed by atoms with Crippen LogP contribution in [0.2, 0.25) is 5.02 Å². The van der Waals surface area contributed by atoms with Crippen LogP contribution in [0, 0.1) is 13.8 Å². The highest BCUT2D eigenvalue weighted by Gasteiger charge is 2.40. The van der Waals surface area contributed by atoms with Crippen LogP contribution in [0.4, 0.5) is 11.4 Å². The number of hydrogen-bond donors (Lipinski definition) is 1. The van der Waals surface area contributed by atoms with E-state index >= 15 is 0 Å². The molecule has 2 amide bonds. The van der Waals surface area contributed by atoms with Gasteiger partial charge in [0.05, 0.1) is 18.4 Å². The van der Waals surface area contributed by atoms with Crippen LogP contribution in [0.1, 0.15) is 16.7 Å². The van der Waals surface area contributed by atoms with Crippen LogP contribution in [-0.4, -0.2) is 18.9 Å². The number of imide groups is 1. The molecule has 0 aliphatic carbocycles. The lowest BCUT2D eigenvalue weighted by Crippen LogP contribution is -2.33. The molecule has 6 heteroatoms. The molecule has 31 heavy (non-hydrogen) atoms. The van der Waals surface area contributed by atoms with E-state index in [2.05, 4.69) is 5.32 Å². The number of carbonyl (C=O) groups is 2. The summed E-state index contributed by atoms with van der Waals surface area (Å²) in [6, 6.07) is 19.8. The summed E-state index contributed by atoms with van der Waals surface area (Å²) in [6.07, 6.45) is 0. The lowest BCUT2D eigenvalue weighted by Gasteiger charge is -2.18. The molecule has 156 valence electrons. The van der Waals surface area contributed by atoms with Crippen molar-refractivity contribution in [1.82, 2.24) is 0 Å². The van der Waals surface area contributed by atoms with E-state index in [1.807, 2.05) is 38.1 Å². The van der Waals surface area contributed by atoms with Gasteiger partial charge in [0.15, 0.2) is 0 Å². The second-order valence-corrected chi connectivity index (χ2v) is 7.79. The zero-order valence-electron chi connectivity index (χ0n) is 17.4. The summed E-state index contributed by atoms with van der Waals surface area (Å²) in [5, 5.41) is 3.72. The average molecular weight is 433 g/mol. The maximum atomic E-state index is 13.5. The molecule has 0 aromatic heterocycles. The zero-order chi connectivity index (χ0) is 22.1. The molecule has 0 saturated carbocycles. The maximum Gasteiger partial charge on any atom is 0.282 e. The third-order valence-electron chi connectivity index (χ3n) is 5.15. The molecule has 4 rings (SSSR count). The predicted octanol–water partition coefficient (Wildman–Crippen LogP) is 5.36. The van der Waals surface area contributed by atoms with E-state index in [9.17, 15) is 9.59 Å². The van der Waals surface area contributed by atoms with Gasteiger partial charge in [0.25, 0.3) is 11.8 Å². The quantitative estimate of drug-likeness (QED) is 0.551. The number of anilines is 2. The van der Waals surface area contributed by atoms with Crippen LogP contribution < -0.4 is 15.0 Å². The summed E-state index contributed by atoms with van der Waals surface area (Å²) in [5.41, 5.74) is 4.18. The number of ether oxygens (including phenoxy) is 1. The Morgan fingerprint density at radius 2 is 1.65 bits per heavy atom. The second-order valence-electron chi connectivity index (χ2n) is 7.35. The van der Waals surface area contributed by atoms with Gasteiger partial charge in [-0.15, -0.1) is 0 Å². The van der Waals surface area contributed by atoms with E-state index in [-0.39, 0.29) is 5.70 Å². The number of benzene rings is 3. The first-order valence-corrected chi connectivity index (χ1v) is 10.1. The molecule has 0 spiro atoms. The Hall–Kier alpha value is -3.57. The Morgan fingerprint density at radius 3 is 2.29 bits per heavy atom. The number of nitrogens with one attached hydrogen (secondary N) is 1. The molecule has 0 radical (unpaired) electrons. The molecule has 1 heterocycles. The van der Waals surface area contributed by atoms with E-state index in [0.29, 0.717) is 27.6 Å². The van der Waals surface area contributed by atoms with Crippen molar-refractivity contribution in [3.05, 3.63) is 94.1 Å². The first-order chi connectivity index (χ1) is 14.9. The number of rotatable bonds is 5. The fourth-order valence-corrected chi connectivity index (χ4v) is 3.85. The van der Waals surface area contributed by atoms with Crippen molar-refractivity contribution in [3.8, 4) is 5.75 Å². The molecule has 1 aliphatic heterocycles. The fraction of sp³-hybridized carbons (Fsp3) is 0.120. The zero-order valence-corrected chi connectivity index (χ0v) is 18.2. The van der Waals surface area contributed by atoms with Gasteiger partial charge in [0.1, 0.15) is 11.4 Å². The Bertz CT molecular complexity index is 1220. The minimum absolute atomic E-state index is 0.232. The first-order valence-electron chi connectivity index (χ1n) is 9.76. The van der Waals surface area contributed by atoms with Gasteiger partial charge in [-0.3, -0.25) is 9.59 Å². The molecule has 3 aromatic carbocycles. The first kappa shape index (κ1) is 20.7. The third kappa shape index (κ3) is 3.92. The van der Waals surface area contributed by atoms with E-state index < -0.39 is 11.8 Å². The van der Waals surface area contributed by atoms with Gasteiger partial charge in [-0.25, -0.2) is 4.90 Å². The summed E-state index contributed by atoms with van der Waals surface area (Å²) in [7, 11) is 1.58. The molecule has 0 unspecified atom stereocenters. The largest absolute Gasteiger partial charge is 0.497 e. The Morgan fingerprint density at radius 1 is 0.903 bits per heavy atom. The van der Waals surface area contributed by atoms with Crippen LogP contribution >= 0.6 is 11.6 Å². The van der Waals surface area contributed by atoms with Crippen molar-refractivity contribution in [2.75, 3.05) is 17.3 Å². The van der Waals surface area contributed by atoms with Crippen molar-refractivity contribution in [2.24, 2.45) is 0 Å². The van der Waals surface area contributed by atoms with Gasteiger partial charge < -0.3 is 10.1 Å². The smallest absolute Gasteiger partial charge is 0.282 e. The summed E-state index contributed by atoms with van der Waals surface area (Å²) in [4.78, 5) is 28.2. The SMILES string of the molecule is COc1ccc(C2=C(Nc3cccc(C)c3)C(=O)N(c3ccc(Cl)cc3C)C2=O)cc1. The highest BCUT2D eigenvalue weighted by atomic mass is 35.5. The van der Waals surface area contributed by atoms with Crippen molar-refractivity contribution < 1.29 is 14.3 Å². The molecular weight excluding hydrogens is 412 g/mol. The van der Waals surface area contributed by atoms with Gasteiger partial charge in [-0.2, -0.15) is 0 Å². The number of nitrogens with zero attached hydrogens (tertiary/aromatic N) is 1. The number of halogens is 1. The molecule has 1 N–H and O–H groups in total. The van der Waals surface area contributed by atoms with E-state index in [4.69, 9.17) is 16.3 Å². The normalized spacial score (nSPS) is 13.7. The number of amides is 2. The number of aryl methyl sites for hydroxylation is 2. The number of hydrogen-bond acceptors (Lipinski definition) is 4. The van der Waals surface area contributed by atoms with Crippen LogP contribution in [0.15, 0.2) is 72.4 Å². The topological polar surface area (TPSA) is 58.6 Å². The van der Waals surface area contributed by atoms with Gasteiger partial charge >= 0.3 is 0 Å². The van der Waals surface area contributed by atoms with E-state index in [1.54, 1.807) is 49.6 Å². The van der Waals surface area contributed by atoms with Gasteiger partial charge in [-0.05, 0) is 73.0 Å². The van der Waals surface area contributed by atoms with Crippen LogP contribution in [-0.2, 0) is 9.59 Å². The lowest BCUT2D eigenvalue weighted by atomic mass is 10.0. The lowest BCUT2D eigenvalue weighted by molar-refractivity contribution is -0.120. The van der Waals surface area contributed by atoms with Crippen LogP contribution in [0.3, 0.4) is 0 Å². The molecule has 3 aromatic rings. The summed E-state index contributed by atoms with van der Waals surface area (Å²) >= 11 is 6.08. The summed E-state index contributed by atoms with van der Waals surface area (Å²) < 4.78 is 5.23. The van der Waals surface area contributed by atoms with Crippen molar-refractivity contribution in [2.45, 2.75) is 13.8 Å². The Balaban J connectivity index is 1.83. The van der Waals surface area contributed by atoms with Gasteiger partial charge in [0, 0.05) is 10.7 Å². The molecule has 0 fully saturated rings. The second kappa shape index (κ2) is 8.28. The number of carbonyl (C=O) groups excluding carboxylic acids is 2. The highest BCUT2D eigenvalue weighted by Crippen LogP contribution is 2.36.